The van der Waals surface area contributed by atoms with Crippen LogP contribution in [0.5, 0.6) is 5.75 Å². The average Bonchev–Trinajstić information content (AvgIpc) is 2.74. The molecule has 0 saturated carbocycles. The van der Waals surface area contributed by atoms with Crippen LogP contribution in [-0.2, 0) is 4.79 Å². The zero-order valence-electron chi connectivity index (χ0n) is 17.1. The van der Waals surface area contributed by atoms with Gasteiger partial charge in [-0.3, -0.25) is 4.79 Å². The van der Waals surface area contributed by atoms with Crippen molar-refractivity contribution in [3.63, 3.8) is 0 Å². The summed E-state index contributed by atoms with van der Waals surface area (Å²) in [4.78, 5) is 24.6. The van der Waals surface area contributed by atoms with Gasteiger partial charge in [0.15, 0.2) is 0 Å². The zero-order chi connectivity index (χ0) is 21.3. The summed E-state index contributed by atoms with van der Waals surface area (Å²) in [6, 6.07) is 16.8. The molecule has 1 aliphatic rings. The van der Waals surface area contributed by atoms with Crippen LogP contribution >= 0.6 is 0 Å². The smallest absolute Gasteiger partial charge is 0.335 e. The van der Waals surface area contributed by atoms with Gasteiger partial charge in [-0.1, -0.05) is 61.5 Å². The molecule has 0 radical (unpaired) electrons. The number of ether oxygens (including phenoxy) is 1. The quantitative estimate of drug-likeness (QED) is 0.330. The van der Waals surface area contributed by atoms with Crippen molar-refractivity contribution in [2.45, 2.75) is 26.7 Å². The molecule has 4 rings (SSSR count). The van der Waals surface area contributed by atoms with Gasteiger partial charge in [0.1, 0.15) is 5.75 Å². The number of carboxylic acid groups (broad SMARTS) is 1. The fourth-order valence-corrected chi connectivity index (χ4v) is 4.28. The molecule has 0 spiro atoms. The van der Waals surface area contributed by atoms with E-state index in [4.69, 9.17) is 4.74 Å². The molecule has 0 heterocycles. The number of carboxylic acids is 1. The minimum atomic E-state index is -0.958. The van der Waals surface area contributed by atoms with E-state index in [-0.39, 0.29) is 23.4 Å². The normalized spacial score (nSPS) is 18.3. The maximum Gasteiger partial charge on any atom is 0.335 e. The van der Waals surface area contributed by atoms with Gasteiger partial charge in [-0.25, -0.2) is 4.79 Å². The van der Waals surface area contributed by atoms with E-state index in [2.05, 4.69) is 12.2 Å². The van der Waals surface area contributed by atoms with Crippen LogP contribution in [0.25, 0.3) is 21.9 Å². The van der Waals surface area contributed by atoms with Crippen LogP contribution in [0.1, 0.15) is 35.7 Å². The lowest BCUT2D eigenvalue weighted by atomic mass is 9.85. The van der Waals surface area contributed by atoms with Gasteiger partial charge in [-0.15, -0.1) is 0 Å². The third-order valence-corrected chi connectivity index (χ3v) is 5.95. The molecule has 4 heteroatoms. The standard InChI is InChI=1S/C26H24O4/c1-16-8-3-4-11-19(16)26(29)30-23-15-6-10-18-9-5-14-22(24(18)23)20-12-7-13-21(17(20)2)25(27)28/h3,5-10,12-16,19H,4,11H2,1-2H3,(H,27,28). The van der Waals surface area contributed by atoms with E-state index in [9.17, 15) is 14.7 Å². The Morgan fingerprint density at radius 2 is 1.70 bits per heavy atom. The highest BCUT2D eigenvalue weighted by Crippen LogP contribution is 2.38. The van der Waals surface area contributed by atoms with Gasteiger partial charge in [-0.2, -0.15) is 0 Å². The van der Waals surface area contributed by atoms with Crippen molar-refractivity contribution >= 4 is 22.7 Å². The molecule has 0 saturated heterocycles. The van der Waals surface area contributed by atoms with E-state index in [1.165, 1.54) is 0 Å². The van der Waals surface area contributed by atoms with Gasteiger partial charge in [0, 0.05) is 5.39 Å². The van der Waals surface area contributed by atoms with Crippen LogP contribution in [0, 0.1) is 18.8 Å². The van der Waals surface area contributed by atoms with E-state index in [0.29, 0.717) is 11.3 Å². The summed E-state index contributed by atoms with van der Waals surface area (Å²) >= 11 is 0. The Morgan fingerprint density at radius 3 is 2.43 bits per heavy atom. The van der Waals surface area contributed by atoms with E-state index < -0.39 is 5.97 Å². The number of allylic oxidation sites excluding steroid dienone is 2. The summed E-state index contributed by atoms with van der Waals surface area (Å²) in [7, 11) is 0. The molecule has 3 aromatic rings. The van der Waals surface area contributed by atoms with E-state index in [1.807, 2.05) is 56.3 Å². The third-order valence-electron chi connectivity index (χ3n) is 5.95. The van der Waals surface area contributed by atoms with Gasteiger partial charge >= 0.3 is 11.9 Å². The van der Waals surface area contributed by atoms with Crippen LogP contribution in [0.2, 0.25) is 0 Å². The molecule has 0 aliphatic heterocycles. The Balaban J connectivity index is 1.82. The largest absolute Gasteiger partial charge is 0.478 e. The number of carbonyl (C=O) groups excluding carboxylic acids is 1. The predicted octanol–water partition coefficient (Wildman–Crippen LogP) is 6.02. The van der Waals surface area contributed by atoms with Crippen LogP contribution in [0.4, 0.5) is 0 Å². The summed E-state index contributed by atoms with van der Waals surface area (Å²) in [6.45, 7) is 3.85. The fraction of sp³-hybridized carbons (Fsp3) is 0.231. The number of esters is 1. The number of hydrogen-bond acceptors (Lipinski definition) is 3. The molecular formula is C26H24O4. The Hall–Kier alpha value is -3.40. The minimum absolute atomic E-state index is 0.148. The summed E-state index contributed by atoms with van der Waals surface area (Å²) < 4.78 is 5.93. The van der Waals surface area contributed by atoms with Crippen molar-refractivity contribution in [3.8, 4) is 16.9 Å². The topological polar surface area (TPSA) is 63.6 Å². The second-order valence-electron chi connectivity index (χ2n) is 7.84. The molecular weight excluding hydrogens is 376 g/mol. The second kappa shape index (κ2) is 8.15. The molecule has 4 nitrogen and oxygen atoms in total. The lowest BCUT2D eigenvalue weighted by Gasteiger charge is -2.23. The van der Waals surface area contributed by atoms with Gasteiger partial charge < -0.3 is 9.84 Å². The first-order valence-corrected chi connectivity index (χ1v) is 10.2. The summed E-state index contributed by atoms with van der Waals surface area (Å²) in [5.41, 5.74) is 2.62. The highest BCUT2D eigenvalue weighted by Gasteiger charge is 2.27. The highest BCUT2D eigenvalue weighted by molar-refractivity contribution is 6.03. The molecule has 3 aromatic carbocycles. The molecule has 152 valence electrons. The Morgan fingerprint density at radius 1 is 1.00 bits per heavy atom. The minimum Gasteiger partial charge on any atom is -0.478 e. The SMILES string of the molecule is Cc1c(C(=O)O)cccc1-c1cccc2cccc(OC(=O)C3CCC=CC3C)c12. The molecule has 2 unspecified atom stereocenters. The van der Waals surface area contributed by atoms with Crippen molar-refractivity contribution in [2.24, 2.45) is 11.8 Å². The molecule has 2 atom stereocenters. The Kier molecular flexibility index (Phi) is 5.40. The molecule has 1 aliphatic carbocycles. The molecule has 0 amide bonds. The Labute approximate surface area is 175 Å². The second-order valence-corrected chi connectivity index (χ2v) is 7.84. The third kappa shape index (κ3) is 3.61. The zero-order valence-corrected chi connectivity index (χ0v) is 17.1. The van der Waals surface area contributed by atoms with Crippen molar-refractivity contribution in [3.05, 3.63) is 77.9 Å². The first kappa shape index (κ1) is 19.9. The van der Waals surface area contributed by atoms with Crippen molar-refractivity contribution in [1.29, 1.82) is 0 Å². The summed E-state index contributed by atoms with van der Waals surface area (Å²) in [6.07, 6.45) is 5.85. The number of fused-ring (bicyclic) bond motifs is 1. The lowest BCUT2D eigenvalue weighted by Crippen LogP contribution is -2.27. The van der Waals surface area contributed by atoms with Gasteiger partial charge in [0.05, 0.1) is 11.5 Å². The van der Waals surface area contributed by atoms with Gasteiger partial charge in [0.2, 0.25) is 0 Å². The monoisotopic (exact) mass is 400 g/mol. The van der Waals surface area contributed by atoms with Gasteiger partial charge in [0.25, 0.3) is 0 Å². The molecule has 0 aromatic heterocycles. The molecule has 30 heavy (non-hydrogen) atoms. The number of hydrogen-bond donors (Lipinski definition) is 1. The fourth-order valence-electron chi connectivity index (χ4n) is 4.28. The maximum atomic E-state index is 12.9. The van der Waals surface area contributed by atoms with E-state index in [1.54, 1.807) is 12.1 Å². The van der Waals surface area contributed by atoms with Crippen molar-refractivity contribution < 1.29 is 19.4 Å². The maximum absolute atomic E-state index is 12.9. The van der Waals surface area contributed by atoms with Crippen molar-refractivity contribution in [2.75, 3.05) is 0 Å². The first-order valence-electron chi connectivity index (χ1n) is 10.2. The Bertz CT molecular complexity index is 1150. The number of carbonyl (C=O) groups is 2. The number of aromatic carboxylic acids is 1. The van der Waals surface area contributed by atoms with Crippen molar-refractivity contribution in [1.82, 2.24) is 0 Å². The molecule has 0 fully saturated rings. The van der Waals surface area contributed by atoms with Crippen LogP contribution in [0.15, 0.2) is 66.7 Å². The first-order chi connectivity index (χ1) is 14.5. The van der Waals surface area contributed by atoms with E-state index in [0.717, 1.165) is 34.7 Å². The lowest BCUT2D eigenvalue weighted by molar-refractivity contribution is -0.140. The van der Waals surface area contributed by atoms with Crippen LogP contribution in [0.3, 0.4) is 0 Å². The van der Waals surface area contributed by atoms with Gasteiger partial charge in [-0.05, 0) is 59.9 Å². The number of rotatable bonds is 4. The predicted molar refractivity (Wildman–Crippen MR) is 118 cm³/mol. The average molecular weight is 400 g/mol. The summed E-state index contributed by atoms with van der Waals surface area (Å²) in [5.74, 6) is -0.676. The molecule has 1 N–H and O–H groups in total. The number of benzene rings is 3. The summed E-state index contributed by atoms with van der Waals surface area (Å²) in [5, 5.41) is 11.3. The van der Waals surface area contributed by atoms with E-state index >= 15 is 0 Å². The molecule has 0 bridgehead atoms. The van der Waals surface area contributed by atoms with Crippen LogP contribution in [-0.4, -0.2) is 17.0 Å². The highest BCUT2D eigenvalue weighted by atomic mass is 16.5. The van der Waals surface area contributed by atoms with Crippen LogP contribution < -0.4 is 4.74 Å².